The minimum atomic E-state index is -0.899. The molecule has 1 rings (SSSR count). The fourth-order valence-electron chi connectivity index (χ4n) is 2.40. The number of carboxylic acids is 1. The van der Waals surface area contributed by atoms with Crippen molar-refractivity contribution in [3.8, 4) is 6.07 Å². The zero-order valence-corrected chi connectivity index (χ0v) is 12.6. The molecule has 0 radical (unpaired) electrons. The van der Waals surface area contributed by atoms with E-state index in [2.05, 4.69) is 0 Å². The third kappa shape index (κ3) is 3.92. The summed E-state index contributed by atoms with van der Waals surface area (Å²) >= 11 is 0. The highest BCUT2D eigenvalue weighted by Gasteiger charge is 2.17. The fourth-order valence-corrected chi connectivity index (χ4v) is 2.40. The molecule has 0 aliphatic heterocycles. The van der Waals surface area contributed by atoms with Crippen LogP contribution in [0.4, 0.5) is 0 Å². The molecule has 21 heavy (non-hydrogen) atoms. The van der Waals surface area contributed by atoms with Gasteiger partial charge in [0.2, 0.25) is 0 Å². The van der Waals surface area contributed by atoms with Gasteiger partial charge < -0.3 is 14.4 Å². The summed E-state index contributed by atoms with van der Waals surface area (Å²) in [6.07, 6.45) is 0.943. The van der Waals surface area contributed by atoms with Gasteiger partial charge >= 0.3 is 5.97 Å². The standard InChI is InChI=1S/C15H20N2O4/c1-10-12(5-6-14(18)19)11(2)17(7-4-8-21-3)15(20)13(10)9-16/h4-8H2,1-3H3,(H,18,19). The maximum absolute atomic E-state index is 12.3. The molecule has 0 saturated heterocycles. The third-order valence-corrected chi connectivity index (χ3v) is 3.56. The van der Waals surface area contributed by atoms with E-state index >= 15 is 0 Å². The van der Waals surface area contributed by atoms with E-state index in [1.807, 2.05) is 6.07 Å². The minimum absolute atomic E-state index is 0.0250. The molecule has 0 saturated carbocycles. The van der Waals surface area contributed by atoms with Crippen molar-refractivity contribution in [2.24, 2.45) is 0 Å². The molecule has 0 aliphatic carbocycles. The Labute approximate surface area is 123 Å². The average Bonchev–Trinajstić information content (AvgIpc) is 2.42. The lowest BCUT2D eigenvalue weighted by molar-refractivity contribution is -0.136. The lowest BCUT2D eigenvalue weighted by atomic mass is 9.98. The predicted molar refractivity (Wildman–Crippen MR) is 77.3 cm³/mol. The van der Waals surface area contributed by atoms with Gasteiger partial charge in [-0.15, -0.1) is 0 Å². The molecular weight excluding hydrogens is 272 g/mol. The highest BCUT2D eigenvalue weighted by atomic mass is 16.5. The Morgan fingerprint density at radius 2 is 2.10 bits per heavy atom. The zero-order chi connectivity index (χ0) is 16.0. The molecule has 1 heterocycles. The summed E-state index contributed by atoms with van der Waals surface area (Å²) in [6.45, 7) is 4.46. The number of pyridine rings is 1. The molecule has 0 bridgehead atoms. The molecule has 1 N–H and O–H groups in total. The van der Waals surface area contributed by atoms with Crippen molar-refractivity contribution in [3.63, 3.8) is 0 Å². The van der Waals surface area contributed by atoms with E-state index in [1.165, 1.54) is 0 Å². The van der Waals surface area contributed by atoms with Crippen LogP contribution in [0.1, 0.15) is 35.2 Å². The Balaban J connectivity index is 3.30. The molecule has 114 valence electrons. The number of aliphatic carboxylic acids is 1. The van der Waals surface area contributed by atoms with E-state index in [0.717, 1.165) is 11.3 Å². The van der Waals surface area contributed by atoms with Gasteiger partial charge in [-0.1, -0.05) is 0 Å². The van der Waals surface area contributed by atoms with Crippen LogP contribution in [-0.4, -0.2) is 29.4 Å². The number of carboxylic acid groups (broad SMARTS) is 1. The van der Waals surface area contributed by atoms with Crippen molar-refractivity contribution in [3.05, 3.63) is 32.7 Å². The molecule has 0 aromatic carbocycles. The summed E-state index contributed by atoms with van der Waals surface area (Å²) < 4.78 is 6.52. The molecule has 1 aromatic rings. The van der Waals surface area contributed by atoms with Gasteiger partial charge in [0.15, 0.2) is 0 Å². The lowest BCUT2D eigenvalue weighted by Crippen LogP contribution is -2.28. The van der Waals surface area contributed by atoms with Crippen LogP contribution in [0.3, 0.4) is 0 Å². The molecule has 0 spiro atoms. The van der Waals surface area contributed by atoms with E-state index < -0.39 is 5.97 Å². The Hall–Kier alpha value is -2.13. The first-order valence-electron chi connectivity index (χ1n) is 6.77. The summed E-state index contributed by atoms with van der Waals surface area (Å²) in [5, 5.41) is 18.0. The second-order valence-electron chi connectivity index (χ2n) is 4.87. The van der Waals surface area contributed by atoms with Gasteiger partial charge in [-0.2, -0.15) is 5.26 Å². The third-order valence-electron chi connectivity index (χ3n) is 3.56. The van der Waals surface area contributed by atoms with E-state index in [0.29, 0.717) is 31.6 Å². The van der Waals surface area contributed by atoms with Crippen LogP contribution in [0.25, 0.3) is 0 Å². The molecule has 1 aromatic heterocycles. The smallest absolute Gasteiger partial charge is 0.303 e. The first-order chi connectivity index (χ1) is 9.93. The number of nitrogens with zero attached hydrogens (tertiary/aromatic N) is 2. The van der Waals surface area contributed by atoms with Crippen LogP contribution in [-0.2, 0) is 22.5 Å². The van der Waals surface area contributed by atoms with Gasteiger partial charge in [-0.05, 0) is 37.8 Å². The van der Waals surface area contributed by atoms with Crippen LogP contribution in [0.15, 0.2) is 4.79 Å². The summed E-state index contributed by atoms with van der Waals surface area (Å²) in [5.41, 5.74) is 1.87. The number of hydrogen-bond donors (Lipinski definition) is 1. The van der Waals surface area contributed by atoms with Crippen LogP contribution < -0.4 is 5.56 Å². The van der Waals surface area contributed by atoms with E-state index in [9.17, 15) is 14.9 Å². The van der Waals surface area contributed by atoms with Gasteiger partial charge in [0.05, 0.1) is 0 Å². The lowest BCUT2D eigenvalue weighted by Gasteiger charge is -2.17. The number of aromatic nitrogens is 1. The van der Waals surface area contributed by atoms with Crippen LogP contribution >= 0.6 is 0 Å². The van der Waals surface area contributed by atoms with E-state index in [1.54, 1.807) is 25.5 Å². The van der Waals surface area contributed by atoms with Crippen molar-refractivity contribution in [2.45, 2.75) is 39.7 Å². The first-order valence-corrected chi connectivity index (χ1v) is 6.77. The highest BCUT2D eigenvalue weighted by molar-refractivity contribution is 5.67. The van der Waals surface area contributed by atoms with Gasteiger partial charge in [-0.3, -0.25) is 9.59 Å². The number of carbonyl (C=O) groups is 1. The Bertz CT molecular complexity index is 626. The molecule has 0 atom stereocenters. The molecule has 0 unspecified atom stereocenters. The first kappa shape index (κ1) is 16.9. The van der Waals surface area contributed by atoms with Gasteiger partial charge in [0.1, 0.15) is 11.6 Å². The van der Waals surface area contributed by atoms with Crippen molar-refractivity contribution in [2.75, 3.05) is 13.7 Å². The van der Waals surface area contributed by atoms with E-state index in [-0.39, 0.29) is 17.5 Å². The number of ether oxygens (including phenoxy) is 1. The average molecular weight is 292 g/mol. The Morgan fingerprint density at radius 3 is 2.62 bits per heavy atom. The quantitative estimate of drug-likeness (QED) is 0.767. The predicted octanol–water partition coefficient (Wildman–Crippen LogP) is 1.39. The second kappa shape index (κ2) is 7.60. The monoisotopic (exact) mass is 292 g/mol. The largest absolute Gasteiger partial charge is 0.481 e. The maximum Gasteiger partial charge on any atom is 0.303 e. The maximum atomic E-state index is 12.3. The molecule has 0 fully saturated rings. The van der Waals surface area contributed by atoms with Gasteiger partial charge in [0, 0.05) is 32.4 Å². The summed E-state index contributed by atoms with van der Waals surface area (Å²) in [4.78, 5) is 23.1. The van der Waals surface area contributed by atoms with Crippen LogP contribution in [0, 0.1) is 25.2 Å². The number of methoxy groups -OCH3 is 1. The molecule has 6 heteroatoms. The van der Waals surface area contributed by atoms with Gasteiger partial charge in [-0.25, -0.2) is 0 Å². The van der Waals surface area contributed by atoms with E-state index in [4.69, 9.17) is 9.84 Å². The van der Waals surface area contributed by atoms with Gasteiger partial charge in [0.25, 0.3) is 5.56 Å². The highest BCUT2D eigenvalue weighted by Crippen LogP contribution is 2.17. The van der Waals surface area contributed by atoms with Crippen molar-refractivity contribution >= 4 is 5.97 Å². The summed E-state index contributed by atoms with van der Waals surface area (Å²) in [5.74, 6) is -0.899. The zero-order valence-electron chi connectivity index (χ0n) is 12.6. The number of hydrogen-bond acceptors (Lipinski definition) is 4. The molecular formula is C15H20N2O4. The SMILES string of the molecule is COCCCn1c(C)c(CCC(=O)O)c(C)c(C#N)c1=O. The molecule has 6 nitrogen and oxygen atoms in total. The van der Waals surface area contributed by atoms with Crippen LogP contribution in [0.2, 0.25) is 0 Å². The number of rotatable bonds is 7. The van der Waals surface area contributed by atoms with Crippen molar-refractivity contribution in [1.82, 2.24) is 4.57 Å². The molecule has 0 amide bonds. The minimum Gasteiger partial charge on any atom is -0.481 e. The topological polar surface area (TPSA) is 92.3 Å². The second-order valence-corrected chi connectivity index (χ2v) is 4.87. The van der Waals surface area contributed by atoms with Crippen molar-refractivity contribution < 1.29 is 14.6 Å². The molecule has 0 aliphatic rings. The number of nitriles is 1. The summed E-state index contributed by atoms with van der Waals surface area (Å²) in [6, 6.07) is 1.94. The van der Waals surface area contributed by atoms with Crippen LogP contribution in [0.5, 0.6) is 0 Å². The van der Waals surface area contributed by atoms with Crippen molar-refractivity contribution in [1.29, 1.82) is 5.26 Å². The Kier molecular flexibility index (Phi) is 6.12. The Morgan fingerprint density at radius 1 is 1.43 bits per heavy atom. The summed E-state index contributed by atoms with van der Waals surface area (Å²) in [7, 11) is 1.59. The fraction of sp³-hybridized carbons (Fsp3) is 0.533. The normalized spacial score (nSPS) is 10.4.